The number of alkyl halides is 3. The van der Waals surface area contributed by atoms with Gasteiger partial charge in [0, 0.05) is 0 Å². The van der Waals surface area contributed by atoms with E-state index in [-0.39, 0.29) is 5.92 Å². The van der Waals surface area contributed by atoms with Gasteiger partial charge in [-0.3, -0.25) is 0 Å². The van der Waals surface area contributed by atoms with Gasteiger partial charge in [0.2, 0.25) is 0 Å². The van der Waals surface area contributed by atoms with Gasteiger partial charge < -0.3 is 10.6 Å². The molecular weight excluding hydrogens is 265 g/mol. The van der Waals surface area contributed by atoms with Gasteiger partial charge in [0.15, 0.2) is 0 Å². The first-order valence-electron chi connectivity index (χ1n) is 7.89. The molecule has 0 amide bonds. The minimum Gasteiger partial charge on any atom is -0.316 e. The molecule has 20 heavy (non-hydrogen) atoms. The number of halogens is 3. The molecule has 0 aromatic rings. The third-order valence-corrected chi connectivity index (χ3v) is 4.00. The number of hydrogen-bond acceptors (Lipinski definition) is 2. The second-order valence-corrected chi connectivity index (χ2v) is 6.35. The molecule has 0 saturated heterocycles. The molecule has 0 bridgehead atoms. The van der Waals surface area contributed by atoms with Gasteiger partial charge in [-0.25, -0.2) is 0 Å². The van der Waals surface area contributed by atoms with Gasteiger partial charge in [0.1, 0.15) is 0 Å². The van der Waals surface area contributed by atoms with E-state index in [1.54, 1.807) is 0 Å². The average molecular weight is 294 g/mol. The van der Waals surface area contributed by atoms with Crippen LogP contribution in [0.3, 0.4) is 0 Å². The maximum absolute atomic E-state index is 12.9. The van der Waals surface area contributed by atoms with Gasteiger partial charge in [-0.15, -0.1) is 0 Å². The Kier molecular flexibility index (Phi) is 7.88. The van der Waals surface area contributed by atoms with Crippen LogP contribution in [-0.2, 0) is 0 Å². The van der Waals surface area contributed by atoms with Crippen molar-refractivity contribution in [3.63, 3.8) is 0 Å². The molecule has 0 heterocycles. The van der Waals surface area contributed by atoms with Crippen molar-refractivity contribution in [2.75, 3.05) is 26.2 Å². The Hall–Kier alpha value is -0.290. The number of rotatable bonds is 8. The Labute approximate surface area is 120 Å². The zero-order valence-corrected chi connectivity index (χ0v) is 12.7. The summed E-state index contributed by atoms with van der Waals surface area (Å²) in [6.07, 6.45) is -0.370. The SMILES string of the molecule is CC(C)CNCCCNCC1CCCCC1C(F)(F)F. The van der Waals surface area contributed by atoms with Gasteiger partial charge >= 0.3 is 6.18 Å². The van der Waals surface area contributed by atoms with Gasteiger partial charge in [-0.1, -0.05) is 26.7 Å². The van der Waals surface area contributed by atoms with E-state index in [9.17, 15) is 13.2 Å². The highest BCUT2D eigenvalue weighted by Gasteiger charge is 2.44. The van der Waals surface area contributed by atoms with E-state index in [4.69, 9.17) is 0 Å². The van der Waals surface area contributed by atoms with E-state index < -0.39 is 12.1 Å². The minimum atomic E-state index is -4.02. The molecule has 1 rings (SSSR count). The molecule has 120 valence electrons. The molecule has 1 aliphatic rings. The van der Waals surface area contributed by atoms with Crippen LogP contribution in [0.25, 0.3) is 0 Å². The zero-order valence-electron chi connectivity index (χ0n) is 12.7. The summed E-state index contributed by atoms with van der Waals surface area (Å²) >= 11 is 0. The van der Waals surface area contributed by atoms with Crippen molar-refractivity contribution < 1.29 is 13.2 Å². The van der Waals surface area contributed by atoms with Crippen molar-refractivity contribution in [2.24, 2.45) is 17.8 Å². The van der Waals surface area contributed by atoms with E-state index in [2.05, 4.69) is 24.5 Å². The fraction of sp³-hybridized carbons (Fsp3) is 1.00. The average Bonchev–Trinajstić information content (AvgIpc) is 2.36. The first-order chi connectivity index (χ1) is 9.41. The topological polar surface area (TPSA) is 24.1 Å². The van der Waals surface area contributed by atoms with Crippen LogP contribution in [0.2, 0.25) is 0 Å². The monoisotopic (exact) mass is 294 g/mol. The summed E-state index contributed by atoms with van der Waals surface area (Å²) in [6, 6.07) is 0. The summed E-state index contributed by atoms with van der Waals surface area (Å²) in [5.41, 5.74) is 0. The predicted octanol–water partition coefficient (Wildman–Crippen LogP) is 3.58. The minimum absolute atomic E-state index is 0.229. The largest absolute Gasteiger partial charge is 0.392 e. The molecule has 2 unspecified atom stereocenters. The molecule has 2 nitrogen and oxygen atoms in total. The van der Waals surface area contributed by atoms with E-state index in [1.165, 1.54) is 0 Å². The van der Waals surface area contributed by atoms with E-state index in [1.807, 2.05) is 0 Å². The molecular formula is C15H29F3N2. The zero-order chi connectivity index (χ0) is 15.0. The first kappa shape index (κ1) is 17.8. The summed E-state index contributed by atoms with van der Waals surface area (Å²) in [7, 11) is 0. The molecule has 0 aliphatic heterocycles. The van der Waals surface area contributed by atoms with Crippen LogP contribution in [-0.4, -0.2) is 32.4 Å². The second kappa shape index (κ2) is 8.88. The molecule has 0 aromatic heterocycles. The van der Waals surface area contributed by atoms with Gasteiger partial charge in [-0.05, 0) is 57.3 Å². The highest BCUT2D eigenvalue weighted by atomic mass is 19.4. The lowest BCUT2D eigenvalue weighted by atomic mass is 9.78. The van der Waals surface area contributed by atoms with Crippen molar-refractivity contribution in [1.82, 2.24) is 10.6 Å². The highest BCUT2D eigenvalue weighted by Crippen LogP contribution is 2.41. The van der Waals surface area contributed by atoms with Crippen LogP contribution in [0.15, 0.2) is 0 Å². The van der Waals surface area contributed by atoms with Crippen LogP contribution in [0.1, 0.15) is 46.0 Å². The maximum Gasteiger partial charge on any atom is 0.392 e. The third kappa shape index (κ3) is 6.93. The van der Waals surface area contributed by atoms with Gasteiger partial charge in [0.05, 0.1) is 5.92 Å². The molecule has 1 aliphatic carbocycles. The van der Waals surface area contributed by atoms with Crippen molar-refractivity contribution in [2.45, 2.75) is 52.1 Å². The van der Waals surface area contributed by atoms with Crippen LogP contribution >= 0.6 is 0 Å². The lowest BCUT2D eigenvalue weighted by molar-refractivity contribution is -0.195. The molecule has 0 radical (unpaired) electrons. The van der Waals surface area contributed by atoms with Crippen LogP contribution in [0.4, 0.5) is 13.2 Å². The van der Waals surface area contributed by atoms with Crippen molar-refractivity contribution in [3.05, 3.63) is 0 Å². The third-order valence-electron chi connectivity index (χ3n) is 4.00. The molecule has 0 aromatic carbocycles. The van der Waals surface area contributed by atoms with Crippen molar-refractivity contribution in [1.29, 1.82) is 0 Å². The van der Waals surface area contributed by atoms with Gasteiger partial charge in [-0.2, -0.15) is 13.2 Å². The summed E-state index contributed by atoms with van der Waals surface area (Å²) in [4.78, 5) is 0. The number of nitrogens with one attached hydrogen (secondary N) is 2. The van der Waals surface area contributed by atoms with Gasteiger partial charge in [0.25, 0.3) is 0 Å². The summed E-state index contributed by atoms with van der Waals surface area (Å²) in [5, 5.41) is 6.54. The molecule has 0 spiro atoms. The Morgan fingerprint density at radius 3 is 2.35 bits per heavy atom. The Bertz CT molecular complexity index is 254. The van der Waals surface area contributed by atoms with Crippen LogP contribution in [0.5, 0.6) is 0 Å². The molecule has 1 fully saturated rings. The second-order valence-electron chi connectivity index (χ2n) is 6.35. The van der Waals surface area contributed by atoms with Crippen LogP contribution in [0, 0.1) is 17.8 Å². The fourth-order valence-corrected chi connectivity index (χ4v) is 2.90. The lowest BCUT2D eigenvalue weighted by Crippen LogP contribution is -2.39. The predicted molar refractivity (Wildman–Crippen MR) is 76.7 cm³/mol. The molecule has 1 saturated carbocycles. The summed E-state index contributed by atoms with van der Waals surface area (Å²) in [6.45, 7) is 7.55. The fourth-order valence-electron chi connectivity index (χ4n) is 2.90. The number of hydrogen-bond donors (Lipinski definition) is 2. The van der Waals surface area contributed by atoms with Crippen molar-refractivity contribution in [3.8, 4) is 0 Å². The van der Waals surface area contributed by atoms with E-state index in [0.29, 0.717) is 25.3 Å². The Morgan fingerprint density at radius 2 is 1.70 bits per heavy atom. The molecule has 2 atom stereocenters. The standard InChI is InChI=1S/C15H29F3N2/c1-12(2)10-19-8-5-9-20-11-13-6-3-4-7-14(13)15(16,17)18/h12-14,19-20H,3-11H2,1-2H3. The Morgan fingerprint density at radius 1 is 1.05 bits per heavy atom. The first-order valence-corrected chi connectivity index (χ1v) is 7.89. The smallest absolute Gasteiger partial charge is 0.316 e. The van der Waals surface area contributed by atoms with Crippen LogP contribution < -0.4 is 10.6 Å². The van der Waals surface area contributed by atoms with E-state index in [0.717, 1.165) is 38.9 Å². The molecule has 2 N–H and O–H groups in total. The summed E-state index contributed by atoms with van der Waals surface area (Å²) in [5.74, 6) is -0.687. The Balaban J connectivity index is 2.13. The quantitative estimate of drug-likeness (QED) is 0.669. The van der Waals surface area contributed by atoms with Crippen molar-refractivity contribution >= 4 is 0 Å². The lowest BCUT2D eigenvalue weighted by Gasteiger charge is -2.33. The molecule has 5 heteroatoms. The van der Waals surface area contributed by atoms with E-state index >= 15 is 0 Å². The normalized spacial score (nSPS) is 24.3. The summed E-state index contributed by atoms with van der Waals surface area (Å²) < 4.78 is 38.7. The highest BCUT2D eigenvalue weighted by molar-refractivity contribution is 4.81. The maximum atomic E-state index is 12.9.